The van der Waals surface area contributed by atoms with Crippen molar-refractivity contribution in [1.82, 2.24) is 9.55 Å². The molecule has 1 aliphatic carbocycles. The smallest absolute Gasteiger partial charge is 0.293 e. The molecule has 1 heterocycles. The number of ketones is 2. The van der Waals surface area contributed by atoms with Crippen molar-refractivity contribution in [3.63, 3.8) is 0 Å². The van der Waals surface area contributed by atoms with Crippen LogP contribution in [0.25, 0.3) is 0 Å². The van der Waals surface area contributed by atoms with E-state index in [2.05, 4.69) is 0 Å². The lowest BCUT2D eigenvalue weighted by Crippen LogP contribution is -2.31. The first-order valence-corrected chi connectivity index (χ1v) is 6.76. The van der Waals surface area contributed by atoms with Crippen LogP contribution in [0.1, 0.15) is 33.2 Å². The van der Waals surface area contributed by atoms with Gasteiger partial charge in [0.05, 0.1) is 12.7 Å². The van der Waals surface area contributed by atoms with E-state index in [0.29, 0.717) is 16.7 Å². The Balaban J connectivity index is 2.03. The monoisotopic (exact) mass is 314 g/mol. The highest BCUT2D eigenvalue weighted by atomic mass is 19.1. The van der Waals surface area contributed by atoms with E-state index in [9.17, 15) is 23.6 Å². The lowest BCUT2D eigenvalue weighted by atomic mass is 9.89. The van der Waals surface area contributed by atoms with Crippen molar-refractivity contribution in [3.05, 3.63) is 79.4 Å². The van der Waals surface area contributed by atoms with Gasteiger partial charge in [-0.25, -0.2) is 4.79 Å². The summed E-state index contributed by atoms with van der Waals surface area (Å²) in [6.45, 7) is 1.52. The maximum absolute atomic E-state index is 13.3. The number of carbonyl (C=O) groups is 2. The van der Waals surface area contributed by atoms with Crippen LogP contribution in [0.4, 0.5) is 4.39 Å². The molecule has 0 fully saturated rings. The first kappa shape index (κ1) is 14.8. The third kappa shape index (κ3) is 2.57. The minimum Gasteiger partial charge on any atom is -0.293 e. The molecule has 0 aliphatic heterocycles. The summed E-state index contributed by atoms with van der Waals surface area (Å²) in [5.41, 5.74) is -0.416. The molecule has 0 saturated carbocycles. The van der Waals surface area contributed by atoms with Gasteiger partial charge in [-0.1, -0.05) is 6.07 Å². The molecule has 23 heavy (non-hydrogen) atoms. The summed E-state index contributed by atoms with van der Waals surface area (Å²) in [5.74, 6) is -1.59. The molecule has 0 saturated heterocycles. The number of rotatable bonds is 2. The fourth-order valence-electron chi connectivity index (χ4n) is 2.44. The molecule has 7 heteroatoms. The summed E-state index contributed by atoms with van der Waals surface area (Å²) in [6.07, 6.45) is 2.09. The summed E-state index contributed by atoms with van der Waals surface area (Å²) in [6, 6.07) is 4.58. The van der Waals surface area contributed by atoms with Gasteiger partial charge in [-0.15, -0.1) is 0 Å². The molecular weight excluding hydrogens is 303 g/mol. The molecule has 0 unspecified atom stereocenters. The van der Waals surface area contributed by atoms with Crippen molar-refractivity contribution < 1.29 is 14.0 Å². The molecule has 2 aromatic rings. The second-order valence-electron chi connectivity index (χ2n) is 5.26. The second-order valence-corrected chi connectivity index (χ2v) is 5.26. The number of fused-ring (bicyclic) bond motifs is 1. The third-order valence-electron chi connectivity index (χ3n) is 3.62. The van der Waals surface area contributed by atoms with E-state index >= 15 is 0 Å². The summed E-state index contributed by atoms with van der Waals surface area (Å²) in [7, 11) is 0. The van der Waals surface area contributed by atoms with Crippen LogP contribution in [0.5, 0.6) is 0 Å². The first-order chi connectivity index (χ1) is 10.9. The van der Waals surface area contributed by atoms with Crippen molar-refractivity contribution in [2.45, 2.75) is 13.5 Å². The number of nitrogens with zero attached hydrogens (tertiary/aromatic N) is 1. The van der Waals surface area contributed by atoms with Gasteiger partial charge < -0.3 is 0 Å². The van der Waals surface area contributed by atoms with Crippen molar-refractivity contribution in [1.29, 1.82) is 0 Å². The average molecular weight is 314 g/mol. The van der Waals surface area contributed by atoms with E-state index in [1.54, 1.807) is 13.0 Å². The first-order valence-electron chi connectivity index (χ1n) is 6.76. The molecule has 1 aromatic heterocycles. The fraction of sp³-hybridized carbons (Fsp3) is 0.125. The normalized spacial score (nSPS) is 13.7. The molecular formula is C16H11FN2O4. The highest BCUT2D eigenvalue weighted by Gasteiger charge is 2.23. The van der Waals surface area contributed by atoms with Gasteiger partial charge in [-0.3, -0.25) is 23.9 Å². The maximum Gasteiger partial charge on any atom is 0.328 e. The van der Waals surface area contributed by atoms with Gasteiger partial charge in [0.2, 0.25) is 5.82 Å². The number of hydrogen-bond acceptors (Lipinski definition) is 4. The van der Waals surface area contributed by atoms with Gasteiger partial charge in [0.1, 0.15) is 0 Å². The molecule has 3 rings (SSSR count). The Bertz CT molecular complexity index is 998. The third-order valence-corrected chi connectivity index (χ3v) is 3.62. The Morgan fingerprint density at radius 1 is 1.13 bits per heavy atom. The minimum atomic E-state index is -1.08. The Labute approximate surface area is 128 Å². The van der Waals surface area contributed by atoms with Crippen molar-refractivity contribution in [2.75, 3.05) is 0 Å². The van der Waals surface area contributed by atoms with E-state index in [0.717, 1.165) is 10.8 Å². The molecule has 1 N–H and O–H groups in total. The van der Waals surface area contributed by atoms with Crippen LogP contribution in [0.3, 0.4) is 0 Å². The number of carbonyl (C=O) groups excluding carboxylic acids is 2. The molecule has 116 valence electrons. The van der Waals surface area contributed by atoms with E-state index in [1.165, 1.54) is 18.2 Å². The lowest BCUT2D eigenvalue weighted by molar-refractivity contribution is 0.0984. The minimum absolute atomic E-state index is 0.0377. The molecule has 6 nitrogen and oxygen atoms in total. The van der Waals surface area contributed by atoms with E-state index in [-0.39, 0.29) is 23.7 Å². The van der Waals surface area contributed by atoms with Gasteiger partial charge in [0.15, 0.2) is 11.6 Å². The zero-order valence-corrected chi connectivity index (χ0v) is 12.1. The number of halogens is 1. The molecule has 1 aliphatic rings. The van der Waals surface area contributed by atoms with Crippen LogP contribution >= 0.6 is 0 Å². The zero-order valence-electron chi connectivity index (χ0n) is 12.1. The largest absolute Gasteiger partial charge is 0.328 e. The SMILES string of the molecule is CC1=CC(=O)c2ccc(Cn3cc(F)c(=O)[nH]c3=O)cc2C1=O. The topological polar surface area (TPSA) is 89.0 Å². The van der Waals surface area contributed by atoms with E-state index < -0.39 is 17.1 Å². The molecule has 1 aromatic carbocycles. The van der Waals surface area contributed by atoms with Gasteiger partial charge in [0.25, 0.3) is 5.56 Å². The number of aromatic amines is 1. The van der Waals surface area contributed by atoms with Gasteiger partial charge in [-0.05, 0) is 30.7 Å². The quantitative estimate of drug-likeness (QED) is 0.897. The predicted octanol–water partition coefficient (Wildman–Crippen LogP) is 1.05. The Morgan fingerprint density at radius 2 is 1.87 bits per heavy atom. The predicted molar refractivity (Wildman–Crippen MR) is 79.2 cm³/mol. The molecule has 0 bridgehead atoms. The zero-order chi connectivity index (χ0) is 16.7. The van der Waals surface area contributed by atoms with Crippen LogP contribution in [-0.2, 0) is 6.54 Å². The summed E-state index contributed by atoms with van der Waals surface area (Å²) < 4.78 is 14.3. The van der Waals surface area contributed by atoms with Crippen molar-refractivity contribution in [3.8, 4) is 0 Å². The second kappa shape index (κ2) is 5.28. The van der Waals surface area contributed by atoms with Crippen molar-refractivity contribution in [2.24, 2.45) is 0 Å². The molecule has 0 atom stereocenters. The molecule has 0 spiro atoms. The van der Waals surface area contributed by atoms with Crippen LogP contribution in [0, 0.1) is 5.82 Å². The number of allylic oxidation sites excluding steroid dienone is 2. The number of hydrogen-bond donors (Lipinski definition) is 1. The number of H-pyrrole nitrogens is 1. The average Bonchev–Trinajstić information content (AvgIpc) is 2.50. The standard InChI is InChI=1S/C16H11FN2O4/c1-8-4-13(20)10-3-2-9(5-11(10)14(8)21)6-19-7-12(17)15(22)18-16(19)23/h2-5,7H,6H2,1H3,(H,18,22,23). The number of Topliss-reactive ketones (excluding diaryl/α,β-unsaturated/α-hetero) is 1. The summed E-state index contributed by atoms with van der Waals surface area (Å²) >= 11 is 0. The summed E-state index contributed by atoms with van der Waals surface area (Å²) in [5, 5.41) is 0. The molecule has 0 amide bonds. The molecule has 0 radical (unpaired) electrons. The van der Waals surface area contributed by atoms with Crippen LogP contribution in [0.15, 0.2) is 45.6 Å². The lowest BCUT2D eigenvalue weighted by Gasteiger charge is -2.14. The summed E-state index contributed by atoms with van der Waals surface area (Å²) in [4.78, 5) is 48.6. The van der Waals surface area contributed by atoms with Gasteiger partial charge in [-0.2, -0.15) is 4.39 Å². The van der Waals surface area contributed by atoms with Crippen molar-refractivity contribution >= 4 is 11.6 Å². The Morgan fingerprint density at radius 3 is 2.61 bits per heavy atom. The highest BCUT2D eigenvalue weighted by Crippen LogP contribution is 2.22. The fourth-order valence-corrected chi connectivity index (χ4v) is 2.44. The highest BCUT2D eigenvalue weighted by molar-refractivity contribution is 6.24. The number of aromatic nitrogens is 2. The maximum atomic E-state index is 13.3. The number of benzene rings is 1. The van der Waals surface area contributed by atoms with Gasteiger partial charge in [0, 0.05) is 16.7 Å². The Hall–Kier alpha value is -3.09. The van der Waals surface area contributed by atoms with E-state index in [4.69, 9.17) is 0 Å². The number of nitrogens with one attached hydrogen (secondary N) is 1. The van der Waals surface area contributed by atoms with E-state index in [1.807, 2.05) is 4.98 Å². The van der Waals surface area contributed by atoms with Gasteiger partial charge >= 0.3 is 5.69 Å². The Kier molecular flexibility index (Phi) is 3.40. The van der Waals surface area contributed by atoms with Crippen LogP contribution in [-0.4, -0.2) is 21.1 Å². The van der Waals surface area contributed by atoms with Crippen LogP contribution < -0.4 is 11.2 Å². The van der Waals surface area contributed by atoms with Crippen LogP contribution in [0.2, 0.25) is 0 Å².